The minimum Gasteiger partial charge on any atom is -0.385 e. The van der Waals surface area contributed by atoms with Crippen LogP contribution in [0, 0.1) is 0 Å². The Bertz CT molecular complexity index is 328. The lowest BCUT2D eigenvalue weighted by atomic mass is 10.1. The first-order valence-corrected chi connectivity index (χ1v) is 7.70. The summed E-state index contributed by atoms with van der Waals surface area (Å²) in [6, 6.07) is 0. The van der Waals surface area contributed by atoms with E-state index < -0.39 is 10.0 Å². The van der Waals surface area contributed by atoms with E-state index in [1.807, 2.05) is 13.8 Å². The summed E-state index contributed by atoms with van der Waals surface area (Å²) in [6.07, 6.45) is 1.42. The molecule has 1 fully saturated rings. The van der Waals surface area contributed by atoms with Crippen LogP contribution in [-0.2, 0) is 14.8 Å². The molecule has 0 atom stereocenters. The monoisotopic (exact) mass is 264 g/mol. The van der Waals surface area contributed by atoms with Gasteiger partial charge in [-0.15, -0.1) is 0 Å². The average molecular weight is 264 g/mol. The van der Waals surface area contributed by atoms with Gasteiger partial charge in [0.1, 0.15) is 0 Å². The zero-order valence-corrected chi connectivity index (χ0v) is 11.8. The largest absolute Gasteiger partial charge is 0.385 e. The van der Waals surface area contributed by atoms with Crippen LogP contribution in [0.2, 0.25) is 0 Å². The SMILES string of the molecule is COCCCN1CC(C)(C)NCCCS1(=O)=O. The van der Waals surface area contributed by atoms with E-state index >= 15 is 0 Å². The van der Waals surface area contributed by atoms with Crippen LogP contribution in [0.15, 0.2) is 0 Å². The number of ether oxygens (including phenoxy) is 1. The number of methoxy groups -OCH3 is 1. The highest BCUT2D eigenvalue weighted by Gasteiger charge is 2.30. The summed E-state index contributed by atoms with van der Waals surface area (Å²) in [5.41, 5.74) is -0.166. The Kier molecular flexibility index (Phi) is 5.37. The Labute approximate surface area is 105 Å². The maximum Gasteiger partial charge on any atom is 0.214 e. The zero-order chi connectivity index (χ0) is 12.9. The third kappa shape index (κ3) is 4.91. The van der Waals surface area contributed by atoms with E-state index in [1.165, 1.54) is 0 Å². The Morgan fingerprint density at radius 3 is 2.76 bits per heavy atom. The summed E-state index contributed by atoms with van der Waals surface area (Å²) in [4.78, 5) is 0. The average Bonchev–Trinajstić information content (AvgIpc) is 2.22. The van der Waals surface area contributed by atoms with E-state index in [1.54, 1.807) is 11.4 Å². The molecule has 1 saturated heterocycles. The molecule has 0 aromatic heterocycles. The van der Waals surface area contributed by atoms with Crippen molar-refractivity contribution in [2.75, 3.05) is 39.1 Å². The number of nitrogens with one attached hydrogen (secondary N) is 1. The van der Waals surface area contributed by atoms with Crippen LogP contribution in [0.4, 0.5) is 0 Å². The molecule has 0 unspecified atom stereocenters. The van der Waals surface area contributed by atoms with Crippen molar-refractivity contribution in [2.24, 2.45) is 0 Å². The smallest absolute Gasteiger partial charge is 0.214 e. The van der Waals surface area contributed by atoms with Crippen molar-refractivity contribution in [1.29, 1.82) is 0 Å². The van der Waals surface area contributed by atoms with Crippen molar-refractivity contribution in [3.8, 4) is 0 Å². The van der Waals surface area contributed by atoms with Crippen LogP contribution in [0.25, 0.3) is 0 Å². The molecule has 0 spiro atoms. The Balaban J connectivity index is 2.70. The van der Waals surface area contributed by atoms with Crippen molar-refractivity contribution in [2.45, 2.75) is 32.2 Å². The fourth-order valence-electron chi connectivity index (χ4n) is 2.01. The summed E-state index contributed by atoms with van der Waals surface area (Å²) in [5, 5.41) is 3.38. The zero-order valence-electron chi connectivity index (χ0n) is 11.0. The van der Waals surface area contributed by atoms with E-state index in [9.17, 15) is 8.42 Å². The molecule has 17 heavy (non-hydrogen) atoms. The fourth-order valence-corrected chi connectivity index (χ4v) is 3.70. The Morgan fingerprint density at radius 2 is 2.12 bits per heavy atom. The first-order valence-electron chi connectivity index (χ1n) is 6.09. The van der Waals surface area contributed by atoms with Gasteiger partial charge in [0.2, 0.25) is 10.0 Å². The molecule has 0 saturated carbocycles. The summed E-state index contributed by atoms with van der Waals surface area (Å²) in [7, 11) is -1.46. The lowest BCUT2D eigenvalue weighted by Crippen LogP contribution is -2.53. The molecular weight excluding hydrogens is 240 g/mol. The second kappa shape index (κ2) is 6.13. The second-order valence-electron chi connectivity index (χ2n) is 5.16. The molecule has 0 bridgehead atoms. The molecule has 1 N–H and O–H groups in total. The molecule has 1 heterocycles. The van der Waals surface area contributed by atoms with Crippen molar-refractivity contribution >= 4 is 10.0 Å². The van der Waals surface area contributed by atoms with Gasteiger partial charge in [-0.05, 0) is 33.2 Å². The highest BCUT2D eigenvalue weighted by Crippen LogP contribution is 2.14. The molecular formula is C11H24N2O3S. The number of sulfonamides is 1. The molecule has 0 radical (unpaired) electrons. The first-order chi connectivity index (χ1) is 7.87. The highest BCUT2D eigenvalue weighted by molar-refractivity contribution is 7.89. The van der Waals surface area contributed by atoms with Crippen LogP contribution in [0.1, 0.15) is 26.7 Å². The Morgan fingerprint density at radius 1 is 1.41 bits per heavy atom. The van der Waals surface area contributed by atoms with Gasteiger partial charge in [-0.1, -0.05) is 0 Å². The van der Waals surface area contributed by atoms with Crippen LogP contribution in [-0.4, -0.2) is 57.4 Å². The summed E-state index contributed by atoms with van der Waals surface area (Å²) < 4.78 is 30.8. The summed E-state index contributed by atoms with van der Waals surface area (Å²) >= 11 is 0. The van der Waals surface area contributed by atoms with Crippen LogP contribution in [0.3, 0.4) is 0 Å². The summed E-state index contributed by atoms with van der Waals surface area (Å²) in [5.74, 6) is 0.239. The second-order valence-corrected chi connectivity index (χ2v) is 7.25. The van der Waals surface area contributed by atoms with E-state index in [0.29, 0.717) is 26.1 Å². The lowest BCUT2D eigenvalue weighted by molar-refractivity contribution is 0.181. The molecule has 0 aromatic rings. The molecule has 1 aliphatic rings. The van der Waals surface area contributed by atoms with Gasteiger partial charge in [-0.2, -0.15) is 0 Å². The highest BCUT2D eigenvalue weighted by atomic mass is 32.2. The van der Waals surface area contributed by atoms with Crippen molar-refractivity contribution in [3.05, 3.63) is 0 Å². The summed E-state index contributed by atoms with van der Waals surface area (Å²) in [6.45, 7) is 6.51. The minimum atomic E-state index is -3.10. The molecule has 5 nitrogen and oxygen atoms in total. The van der Waals surface area contributed by atoms with E-state index in [-0.39, 0.29) is 11.3 Å². The minimum absolute atomic E-state index is 0.166. The van der Waals surface area contributed by atoms with E-state index in [0.717, 1.165) is 13.0 Å². The van der Waals surface area contributed by atoms with Crippen LogP contribution >= 0.6 is 0 Å². The third-order valence-electron chi connectivity index (χ3n) is 2.90. The maximum atomic E-state index is 12.1. The molecule has 1 rings (SSSR count). The van der Waals surface area contributed by atoms with Gasteiger partial charge >= 0.3 is 0 Å². The van der Waals surface area contributed by atoms with E-state index in [2.05, 4.69) is 5.32 Å². The van der Waals surface area contributed by atoms with Crippen LogP contribution in [0.5, 0.6) is 0 Å². The molecule has 0 amide bonds. The standard InChI is InChI=1S/C11H24N2O3S/c1-11(2)10-13(7-5-8-16-3)17(14,15)9-4-6-12-11/h12H,4-10H2,1-3H3. The maximum absolute atomic E-state index is 12.1. The lowest BCUT2D eigenvalue weighted by Gasteiger charge is -2.35. The molecule has 1 aliphatic heterocycles. The fraction of sp³-hybridized carbons (Fsp3) is 1.00. The number of rotatable bonds is 4. The molecule has 0 aliphatic carbocycles. The predicted molar refractivity (Wildman–Crippen MR) is 68.6 cm³/mol. The van der Waals surface area contributed by atoms with Crippen molar-refractivity contribution in [3.63, 3.8) is 0 Å². The van der Waals surface area contributed by atoms with Crippen molar-refractivity contribution < 1.29 is 13.2 Å². The van der Waals surface area contributed by atoms with Gasteiger partial charge in [-0.3, -0.25) is 0 Å². The Hall–Kier alpha value is -0.170. The van der Waals surface area contributed by atoms with Gasteiger partial charge < -0.3 is 10.1 Å². The number of hydrogen-bond acceptors (Lipinski definition) is 4. The van der Waals surface area contributed by atoms with Crippen molar-refractivity contribution in [1.82, 2.24) is 9.62 Å². The van der Waals surface area contributed by atoms with Gasteiger partial charge in [0.25, 0.3) is 0 Å². The number of nitrogens with zero attached hydrogens (tertiary/aromatic N) is 1. The van der Waals surface area contributed by atoms with Gasteiger partial charge in [0.15, 0.2) is 0 Å². The number of hydrogen-bond donors (Lipinski definition) is 1. The quantitative estimate of drug-likeness (QED) is 0.748. The topological polar surface area (TPSA) is 58.6 Å². The normalized spacial score (nSPS) is 25.1. The van der Waals surface area contributed by atoms with Gasteiger partial charge in [-0.25, -0.2) is 12.7 Å². The molecule has 6 heteroatoms. The molecule has 102 valence electrons. The predicted octanol–water partition coefficient (Wildman–Crippen LogP) is 0.427. The first kappa shape index (κ1) is 14.9. The molecule has 0 aromatic carbocycles. The third-order valence-corrected chi connectivity index (χ3v) is 4.81. The van der Waals surface area contributed by atoms with Gasteiger partial charge in [0.05, 0.1) is 5.75 Å². The van der Waals surface area contributed by atoms with Gasteiger partial charge in [0, 0.05) is 32.3 Å². The van der Waals surface area contributed by atoms with Crippen LogP contribution < -0.4 is 5.32 Å². The van der Waals surface area contributed by atoms with E-state index in [4.69, 9.17) is 4.74 Å².